The van der Waals surface area contributed by atoms with Gasteiger partial charge in [-0.1, -0.05) is 0 Å². The Kier molecular flexibility index (Phi) is 3.14. The topological polar surface area (TPSA) is 80.1 Å². The third kappa shape index (κ3) is 2.36. The van der Waals surface area contributed by atoms with Crippen molar-refractivity contribution in [1.29, 1.82) is 0 Å². The molecule has 1 saturated heterocycles. The van der Waals surface area contributed by atoms with Crippen LogP contribution in [0.15, 0.2) is 24.4 Å². The summed E-state index contributed by atoms with van der Waals surface area (Å²) in [5.41, 5.74) is 7.82. The molecule has 0 radical (unpaired) electrons. The molecular formula is C15H19N3O2. The molecule has 1 aliphatic heterocycles. The maximum atomic E-state index is 12.5. The summed E-state index contributed by atoms with van der Waals surface area (Å²) in [5.74, 6) is -0.0637. The number of hydrogen-bond donors (Lipinski definition) is 3. The van der Waals surface area contributed by atoms with E-state index in [0.29, 0.717) is 24.5 Å². The van der Waals surface area contributed by atoms with Crippen molar-refractivity contribution in [1.82, 2.24) is 10.3 Å². The molecule has 0 saturated carbocycles. The number of nitrogen functional groups attached to an aromatic ring is 1. The lowest BCUT2D eigenvalue weighted by Gasteiger charge is -2.34. The molecule has 4 N–H and O–H groups in total. The van der Waals surface area contributed by atoms with Gasteiger partial charge in [-0.05, 0) is 38.0 Å². The first-order valence-corrected chi connectivity index (χ1v) is 6.84. The number of hydrogen-bond acceptors (Lipinski definition) is 3. The quantitative estimate of drug-likeness (QED) is 0.733. The van der Waals surface area contributed by atoms with Crippen molar-refractivity contribution in [2.45, 2.75) is 25.3 Å². The zero-order chi connectivity index (χ0) is 14.2. The second-order valence-corrected chi connectivity index (χ2v) is 5.63. The summed E-state index contributed by atoms with van der Waals surface area (Å²) in [6.07, 6.45) is 3.41. The van der Waals surface area contributed by atoms with Crippen LogP contribution in [0.25, 0.3) is 10.9 Å². The summed E-state index contributed by atoms with van der Waals surface area (Å²) in [4.78, 5) is 15.6. The van der Waals surface area contributed by atoms with Crippen LogP contribution in [0.5, 0.6) is 0 Å². The average Bonchev–Trinajstić information content (AvgIpc) is 2.82. The lowest BCUT2D eigenvalue weighted by Crippen LogP contribution is -2.49. The molecule has 1 aromatic carbocycles. The fraction of sp³-hybridized carbons (Fsp3) is 0.400. The monoisotopic (exact) mass is 273 g/mol. The van der Waals surface area contributed by atoms with Crippen LogP contribution in [0.1, 0.15) is 30.1 Å². The average molecular weight is 273 g/mol. The van der Waals surface area contributed by atoms with Gasteiger partial charge in [-0.25, -0.2) is 0 Å². The minimum absolute atomic E-state index is 0.0637. The number of aromatic amines is 1. The number of carbonyl (C=O) groups is 1. The standard InChI is InChI=1S/C15H19N3O2/c1-15(4-6-20-7-5-15)18-14(19)12-9-17-13-3-2-10(16)8-11(12)13/h2-3,8-9,17H,4-7,16H2,1H3,(H,18,19). The van der Waals surface area contributed by atoms with Gasteiger partial charge in [0.05, 0.1) is 5.56 Å². The van der Waals surface area contributed by atoms with E-state index in [2.05, 4.69) is 17.2 Å². The highest BCUT2D eigenvalue weighted by Crippen LogP contribution is 2.24. The SMILES string of the molecule is CC1(NC(=O)c2c[nH]c3ccc(N)cc23)CCOCC1. The highest BCUT2D eigenvalue weighted by atomic mass is 16.5. The lowest BCUT2D eigenvalue weighted by atomic mass is 9.92. The van der Waals surface area contributed by atoms with Gasteiger partial charge in [0.25, 0.3) is 5.91 Å². The van der Waals surface area contributed by atoms with E-state index >= 15 is 0 Å². The highest BCUT2D eigenvalue weighted by molar-refractivity contribution is 6.07. The molecule has 1 aliphatic rings. The van der Waals surface area contributed by atoms with E-state index in [-0.39, 0.29) is 11.4 Å². The van der Waals surface area contributed by atoms with E-state index in [0.717, 1.165) is 23.7 Å². The molecule has 1 fully saturated rings. The number of ether oxygens (including phenoxy) is 1. The highest BCUT2D eigenvalue weighted by Gasteiger charge is 2.29. The third-order valence-corrected chi connectivity index (χ3v) is 3.96. The van der Waals surface area contributed by atoms with Crippen LogP contribution >= 0.6 is 0 Å². The zero-order valence-electron chi connectivity index (χ0n) is 11.5. The number of nitrogens with one attached hydrogen (secondary N) is 2. The molecule has 5 nitrogen and oxygen atoms in total. The van der Waals surface area contributed by atoms with Gasteiger partial charge in [-0.2, -0.15) is 0 Å². The van der Waals surface area contributed by atoms with E-state index in [9.17, 15) is 4.79 Å². The Morgan fingerprint density at radius 2 is 2.15 bits per heavy atom. The molecule has 0 bridgehead atoms. The number of H-pyrrole nitrogens is 1. The molecule has 2 aromatic rings. The van der Waals surface area contributed by atoms with Gasteiger partial charge in [-0.15, -0.1) is 0 Å². The number of nitrogens with two attached hydrogens (primary N) is 1. The molecule has 1 amide bonds. The van der Waals surface area contributed by atoms with Crippen molar-refractivity contribution in [3.63, 3.8) is 0 Å². The Morgan fingerprint density at radius 3 is 2.90 bits per heavy atom. The maximum absolute atomic E-state index is 12.5. The van der Waals surface area contributed by atoms with Gasteiger partial charge in [0.15, 0.2) is 0 Å². The van der Waals surface area contributed by atoms with Crippen molar-refractivity contribution in [3.05, 3.63) is 30.0 Å². The molecular weight excluding hydrogens is 254 g/mol. The summed E-state index contributed by atoms with van der Waals surface area (Å²) in [6.45, 7) is 3.45. The van der Waals surface area contributed by atoms with Gasteiger partial charge in [0.2, 0.25) is 0 Å². The molecule has 0 atom stereocenters. The molecule has 20 heavy (non-hydrogen) atoms. The first-order chi connectivity index (χ1) is 9.57. The molecule has 1 aromatic heterocycles. The van der Waals surface area contributed by atoms with Crippen LogP contribution in [0.2, 0.25) is 0 Å². The molecule has 106 valence electrons. The summed E-state index contributed by atoms with van der Waals surface area (Å²) in [7, 11) is 0. The van der Waals surface area contributed by atoms with Crippen molar-refractivity contribution >= 4 is 22.5 Å². The van der Waals surface area contributed by atoms with Crippen molar-refractivity contribution in [2.24, 2.45) is 0 Å². The smallest absolute Gasteiger partial charge is 0.253 e. The minimum Gasteiger partial charge on any atom is -0.399 e. The number of fused-ring (bicyclic) bond motifs is 1. The number of amides is 1. The van der Waals surface area contributed by atoms with Crippen LogP contribution in [0.4, 0.5) is 5.69 Å². The van der Waals surface area contributed by atoms with Gasteiger partial charge in [-0.3, -0.25) is 4.79 Å². The molecule has 0 unspecified atom stereocenters. The van der Waals surface area contributed by atoms with Gasteiger partial charge in [0.1, 0.15) is 0 Å². The van der Waals surface area contributed by atoms with E-state index in [1.54, 1.807) is 6.20 Å². The van der Waals surface area contributed by atoms with Gasteiger partial charge < -0.3 is 20.8 Å². The first-order valence-electron chi connectivity index (χ1n) is 6.84. The van der Waals surface area contributed by atoms with Gasteiger partial charge in [0, 0.05) is 41.5 Å². The fourth-order valence-corrected chi connectivity index (χ4v) is 2.61. The van der Waals surface area contributed by atoms with Crippen LogP contribution in [0, 0.1) is 0 Å². The van der Waals surface area contributed by atoms with E-state index < -0.39 is 0 Å². The summed E-state index contributed by atoms with van der Waals surface area (Å²) in [5, 5.41) is 3.99. The predicted octanol–water partition coefficient (Wildman–Crippen LogP) is 2.05. The number of anilines is 1. The molecule has 3 rings (SSSR count). The second-order valence-electron chi connectivity index (χ2n) is 5.63. The zero-order valence-corrected chi connectivity index (χ0v) is 11.5. The van der Waals surface area contributed by atoms with Crippen LogP contribution in [-0.4, -0.2) is 29.6 Å². The largest absolute Gasteiger partial charge is 0.399 e. The second kappa shape index (κ2) is 4.83. The van der Waals surface area contributed by atoms with Crippen molar-refractivity contribution < 1.29 is 9.53 Å². The van der Waals surface area contributed by atoms with E-state index in [4.69, 9.17) is 10.5 Å². The fourth-order valence-electron chi connectivity index (χ4n) is 2.61. The Morgan fingerprint density at radius 1 is 1.40 bits per heavy atom. The van der Waals surface area contributed by atoms with Gasteiger partial charge >= 0.3 is 0 Å². The molecule has 0 spiro atoms. The number of benzene rings is 1. The molecule has 5 heteroatoms. The molecule has 0 aliphatic carbocycles. The molecule has 2 heterocycles. The van der Waals surface area contributed by atoms with Crippen LogP contribution < -0.4 is 11.1 Å². The van der Waals surface area contributed by atoms with E-state index in [1.807, 2.05) is 18.2 Å². The summed E-state index contributed by atoms with van der Waals surface area (Å²) < 4.78 is 5.35. The lowest BCUT2D eigenvalue weighted by molar-refractivity contribution is 0.0423. The third-order valence-electron chi connectivity index (χ3n) is 3.96. The van der Waals surface area contributed by atoms with Crippen LogP contribution in [-0.2, 0) is 4.74 Å². The Bertz CT molecular complexity index is 642. The predicted molar refractivity (Wildman–Crippen MR) is 78.6 cm³/mol. The first kappa shape index (κ1) is 13.0. The minimum atomic E-state index is -0.195. The van der Waals surface area contributed by atoms with Crippen molar-refractivity contribution in [3.8, 4) is 0 Å². The number of carbonyl (C=O) groups excluding carboxylic acids is 1. The Balaban J connectivity index is 1.87. The summed E-state index contributed by atoms with van der Waals surface area (Å²) in [6, 6.07) is 5.53. The van der Waals surface area contributed by atoms with Crippen LogP contribution in [0.3, 0.4) is 0 Å². The van der Waals surface area contributed by atoms with Crippen molar-refractivity contribution in [2.75, 3.05) is 18.9 Å². The Labute approximate surface area is 117 Å². The normalized spacial score (nSPS) is 18.1. The summed E-state index contributed by atoms with van der Waals surface area (Å²) >= 11 is 0. The number of rotatable bonds is 2. The Hall–Kier alpha value is -2.01. The number of aromatic nitrogens is 1. The maximum Gasteiger partial charge on any atom is 0.253 e. The van der Waals surface area contributed by atoms with E-state index in [1.165, 1.54) is 0 Å².